The predicted molar refractivity (Wildman–Crippen MR) is 87.7 cm³/mol. The van der Waals surface area contributed by atoms with Crippen molar-refractivity contribution in [1.29, 1.82) is 0 Å². The number of hydrogen-bond acceptors (Lipinski definition) is 5. The molecule has 0 spiro atoms. The average Bonchev–Trinajstić information content (AvgIpc) is 2.65. The maximum absolute atomic E-state index is 12.5. The summed E-state index contributed by atoms with van der Waals surface area (Å²) in [5.41, 5.74) is 4.73. The molecular weight excluding hydrogens is 302 g/mol. The van der Waals surface area contributed by atoms with Crippen LogP contribution in [0.5, 0.6) is 0 Å². The Kier molecular flexibility index (Phi) is 3.84. The number of aromatic nitrogens is 1. The molecule has 0 atom stereocenters. The van der Waals surface area contributed by atoms with Crippen LogP contribution in [0.25, 0.3) is 0 Å². The third kappa shape index (κ3) is 3.19. The summed E-state index contributed by atoms with van der Waals surface area (Å²) in [5, 5.41) is 3.45. The van der Waals surface area contributed by atoms with E-state index in [9.17, 15) is 4.79 Å². The zero-order valence-corrected chi connectivity index (χ0v) is 13.2. The summed E-state index contributed by atoms with van der Waals surface area (Å²) < 4.78 is 1.84. The van der Waals surface area contributed by atoms with Gasteiger partial charge in [0.15, 0.2) is 5.13 Å². The monoisotopic (exact) mass is 315 g/mol. The zero-order chi connectivity index (χ0) is 14.8. The topological polar surface area (TPSA) is 45.2 Å². The number of thiazole rings is 1. The Morgan fingerprint density at radius 1 is 1.38 bits per heavy atom. The third-order valence-electron chi connectivity index (χ3n) is 2.84. The second-order valence-corrected chi connectivity index (χ2v) is 6.92. The molecule has 106 valence electrons. The van der Waals surface area contributed by atoms with Crippen molar-refractivity contribution in [2.75, 3.05) is 12.4 Å². The van der Waals surface area contributed by atoms with Gasteiger partial charge in [0, 0.05) is 23.7 Å². The van der Waals surface area contributed by atoms with Crippen LogP contribution in [0.3, 0.4) is 0 Å². The average molecular weight is 315 g/mol. The second-order valence-electron chi connectivity index (χ2n) is 4.51. The number of carbonyl (C=O) groups excluding carboxylic acids is 1. The number of carbonyl (C=O) groups is 1. The molecule has 1 aliphatic heterocycles. The lowest BCUT2D eigenvalue weighted by atomic mass is 10.2. The number of amides is 1. The van der Waals surface area contributed by atoms with Crippen LogP contribution >= 0.6 is 23.3 Å². The van der Waals surface area contributed by atoms with Gasteiger partial charge in [-0.25, -0.2) is 4.98 Å². The van der Waals surface area contributed by atoms with Crippen LogP contribution < -0.4 is 5.32 Å². The van der Waals surface area contributed by atoms with Gasteiger partial charge in [0.05, 0.1) is 4.91 Å². The summed E-state index contributed by atoms with van der Waals surface area (Å²) >= 11 is 2.93. The highest BCUT2D eigenvalue weighted by molar-refractivity contribution is 8.01. The van der Waals surface area contributed by atoms with Gasteiger partial charge in [0.25, 0.3) is 5.91 Å². The van der Waals surface area contributed by atoms with E-state index in [4.69, 9.17) is 0 Å². The summed E-state index contributed by atoms with van der Waals surface area (Å²) in [6.07, 6.45) is 11.4. The molecule has 6 heteroatoms. The number of aryl methyl sites for hydroxylation is 1. The minimum absolute atomic E-state index is 0.169. The molecule has 1 aliphatic carbocycles. The number of anilines is 1. The fourth-order valence-corrected chi connectivity index (χ4v) is 3.37. The summed E-state index contributed by atoms with van der Waals surface area (Å²) in [7, 11) is 1.87. The summed E-state index contributed by atoms with van der Waals surface area (Å²) in [4.78, 5) is 18.7. The van der Waals surface area contributed by atoms with E-state index in [1.54, 1.807) is 6.20 Å². The van der Waals surface area contributed by atoms with E-state index in [1.165, 1.54) is 23.3 Å². The van der Waals surface area contributed by atoms with Crippen LogP contribution in [0.1, 0.15) is 4.88 Å². The Hall–Kier alpha value is -2.01. The molecule has 2 bridgehead atoms. The van der Waals surface area contributed by atoms with E-state index in [0.717, 1.165) is 15.4 Å². The number of allylic oxidation sites excluding steroid dienone is 5. The van der Waals surface area contributed by atoms with Crippen molar-refractivity contribution in [1.82, 2.24) is 9.29 Å². The molecule has 1 aromatic heterocycles. The Bertz CT molecular complexity index is 749. The van der Waals surface area contributed by atoms with E-state index in [1.807, 2.05) is 48.7 Å². The first kappa shape index (κ1) is 13.9. The van der Waals surface area contributed by atoms with Crippen LogP contribution in [-0.4, -0.2) is 22.2 Å². The summed E-state index contributed by atoms with van der Waals surface area (Å²) in [6.45, 7) is 1.96. The lowest BCUT2D eigenvalue weighted by Crippen LogP contribution is -2.23. The molecule has 1 aromatic rings. The molecule has 0 radical (unpaired) electrons. The lowest BCUT2D eigenvalue weighted by molar-refractivity contribution is -0.113. The van der Waals surface area contributed by atoms with Gasteiger partial charge in [-0.3, -0.25) is 10.1 Å². The van der Waals surface area contributed by atoms with E-state index >= 15 is 0 Å². The van der Waals surface area contributed by atoms with Gasteiger partial charge in [0.1, 0.15) is 5.70 Å². The Labute approximate surface area is 131 Å². The maximum atomic E-state index is 12.5. The van der Waals surface area contributed by atoms with Crippen LogP contribution in [-0.2, 0) is 4.79 Å². The first-order valence-electron chi connectivity index (χ1n) is 6.35. The number of rotatable bonds is 2. The van der Waals surface area contributed by atoms with Crippen LogP contribution in [0.2, 0.25) is 0 Å². The first-order valence-corrected chi connectivity index (χ1v) is 7.93. The van der Waals surface area contributed by atoms with Crippen LogP contribution in [0.4, 0.5) is 5.13 Å². The molecule has 3 rings (SSSR count). The minimum atomic E-state index is -0.169. The van der Waals surface area contributed by atoms with Gasteiger partial charge in [-0.15, -0.1) is 11.3 Å². The van der Waals surface area contributed by atoms with Crippen molar-refractivity contribution in [3.8, 4) is 0 Å². The Morgan fingerprint density at radius 3 is 2.95 bits per heavy atom. The third-order valence-corrected chi connectivity index (χ3v) is 4.58. The van der Waals surface area contributed by atoms with Crippen LogP contribution in [0, 0.1) is 6.92 Å². The molecular formula is C15H13N3OS2. The summed E-state index contributed by atoms with van der Waals surface area (Å²) in [6, 6.07) is 0. The number of nitrogens with one attached hydrogen (secondary N) is 1. The quantitative estimate of drug-likeness (QED) is 0.671. The molecule has 4 nitrogen and oxygen atoms in total. The van der Waals surface area contributed by atoms with E-state index in [0.29, 0.717) is 10.8 Å². The molecule has 1 amide bonds. The Morgan fingerprint density at radius 2 is 2.19 bits per heavy atom. The van der Waals surface area contributed by atoms with Crippen molar-refractivity contribution in [2.45, 2.75) is 6.92 Å². The standard InChI is InChI=1S/C15H13N3OS2/c1-10-9-16-15(20-10)17-14(19)13-8-11-5-3-4-6-12(7-11)21-18(13)2/h3-6,8-9H,1-2H3,(H,16,17,19). The molecule has 0 unspecified atom stereocenters. The normalized spacial score (nSPS) is 16.7. The van der Waals surface area contributed by atoms with E-state index < -0.39 is 0 Å². The van der Waals surface area contributed by atoms with Crippen LogP contribution in [0.15, 0.2) is 58.5 Å². The molecule has 21 heavy (non-hydrogen) atoms. The molecule has 0 saturated heterocycles. The Balaban J connectivity index is 1.87. The fourth-order valence-electron chi connectivity index (χ4n) is 1.88. The van der Waals surface area contributed by atoms with Crippen molar-refractivity contribution in [3.05, 3.63) is 63.4 Å². The minimum Gasteiger partial charge on any atom is -0.310 e. The highest BCUT2D eigenvalue weighted by Gasteiger charge is 2.19. The predicted octanol–water partition coefficient (Wildman–Crippen LogP) is 3.40. The maximum Gasteiger partial charge on any atom is 0.274 e. The van der Waals surface area contributed by atoms with Gasteiger partial charge >= 0.3 is 0 Å². The van der Waals surface area contributed by atoms with Gasteiger partial charge in [-0.2, -0.15) is 0 Å². The van der Waals surface area contributed by atoms with Gasteiger partial charge in [-0.05, 0) is 37.1 Å². The number of nitrogens with zero attached hydrogens (tertiary/aromatic N) is 2. The van der Waals surface area contributed by atoms with Crippen molar-refractivity contribution >= 4 is 34.3 Å². The molecule has 2 aliphatic rings. The van der Waals surface area contributed by atoms with E-state index in [2.05, 4.69) is 16.0 Å². The second kappa shape index (κ2) is 5.77. The van der Waals surface area contributed by atoms with Gasteiger partial charge in [0.2, 0.25) is 0 Å². The fraction of sp³-hybridized carbons (Fsp3) is 0.133. The number of likely N-dealkylation sites (N-methyl/N-ethyl adjacent to an activating group) is 1. The molecule has 1 N–H and O–H groups in total. The molecule has 2 heterocycles. The highest BCUT2D eigenvalue weighted by atomic mass is 32.2. The summed E-state index contributed by atoms with van der Waals surface area (Å²) in [5.74, 6) is -0.169. The zero-order valence-electron chi connectivity index (χ0n) is 11.6. The molecule has 0 fully saturated rings. The van der Waals surface area contributed by atoms with Gasteiger partial charge < -0.3 is 4.31 Å². The van der Waals surface area contributed by atoms with Crippen molar-refractivity contribution in [2.24, 2.45) is 0 Å². The number of hydrogen-bond donors (Lipinski definition) is 1. The smallest absolute Gasteiger partial charge is 0.274 e. The molecule has 0 saturated carbocycles. The lowest BCUT2D eigenvalue weighted by Gasteiger charge is -2.19. The van der Waals surface area contributed by atoms with Gasteiger partial charge in [-0.1, -0.05) is 17.9 Å². The largest absolute Gasteiger partial charge is 0.310 e. The van der Waals surface area contributed by atoms with Crippen molar-refractivity contribution in [3.63, 3.8) is 0 Å². The SMILES string of the molecule is Cc1cnc(NC(=O)C2=CC3=C=C(C=CC=C3)SN2C)s1. The molecule has 0 aromatic carbocycles. The first-order chi connectivity index (χ1) is 10.1. The van der Waals surface area contributed by atoms with E-state index in [-0.39, 0.29) is 5.91 Å². The highest BCUT2D eigenvalue weighted by Crippen LogP contribution is 2.30. The van der Waals surface area contributed by atoms with Crippen molar-refractivity contribution < 1.29 is 4.79 Å².